The molecular weight excluding hydrogens is 150 g/mol. The minimum absolute atomic E-state index is 0.0618. The third-order valence-electron chi connectivity index (χ3n) is 3.16. The third kappa shape index (κ3) is 1.99. The molecule has 0 aliphatic heterocycles. The first-order chi connectivity index (χ1) is 5.42. The number of hydrogen-bond donors (Lipinski definition) is 1. The fourth-order valence-corrected chi connectivity index (χ4v) is 2.15. The quantitative estimate of drug-likeness (QED) is 0.674. The fourth-order valence-electron chi connectivity index (χ4n) is 2.15. The molecule has 1 saturated carbocycles. The van der Waals surface area contributed by atoms with Gasteiger partial charge in [-0.2, -0.15) is 0 Å². The molecule has 2 unspecified atom stereocenters. The Morgan fingerprint density at radius 1 is 1.58 bits per heavy atom. The minimum atomic E-state index is -0.141. The first kappa shape index (κ1) is 9.56. The van der Waals surface area contributed by atoms with Gasteiger partial charge in [0.15, 0.2) is 0 Å². The molecule has 0 aromatic heterocycles. The van der Waals surface area contributed by atoms with Crippen LogP contribution >= 0.6 is 0 Å². The minimum Gasteiger partial charge on any atom is -0.369 e. The number of rotatable bonds is 2. The smallest absolute Gasteiger partial charge is 0.220 e. The second-order valence-corrected chi connectivity index (χ2v) is 4.86. The molecule has 0 aromatic carbocycles. The van der Waals surface area contributed by atoms with Crippen LogP contribution in [-0.4, -0.2) is 5.91 Å². The van der Waals surface area contributed by atoms with Crippen molar-refractivity contribution in [1.29, 1.82) is 0 Å². The SMILES string of the molecule is CC(C(N)=O)C1CCC(C)(C)C1. The molecular formula is C10H19NO. The zero-order chi connectivity index (χ0) is 9.35. The van der Waals surface area contributed by atoms with Gasteiger partial charge in [-0.3, -0.25) is 4.79 Å². The van der Waals surface area contributed by atoms with E-state index in [2.05, 4.69) is 13.8 Å². The standard InChI is InChI=1S/C10H19NO/c1-7(9(11)12)8-4-5-10(2,3)6-8/h7-8H,4-6H2,1-3H3,(H2,11,12). The highest BCUT2D eigenvalue weighted by Gasteiger charge is 2.35. The topological polar surface area (TPSA) is 43.1 Å². The summed E-state index contributed by atoms with van der Waals surface area (Å²) in [5, 5.41) is 0. The number of nitrogens with two attached hydrogens (primary N) is 1. The lowest BCUT2D eigenvalue weighted by molar-refractivity contribution is -0.122. The lowest BCUT2D eigenvalue weighted by Gasteiger charge is -2.19. The molecule has 70 valence electrons. The van der Waals surface area contributed by atoms with E-state index in [-0.39, 0.29) is 11.8 Å². The van der Waals surface area contributed by atoms with Crippen molar-refractivity contribution in [2.24, 2.45) is 23.0 Å². The van der Waals surface area contributed by atoms with Gasteiger partial charge in [-0.1, -0.05) is 20.8 Å². The molecule has 0 heterocycles. The van der Waals surface area contributed by atoms with Crippen LogP contribution in [0.5, 0.6) is 0 Å². The van der Waals surface area contributed by atoms with Crippen molar-refractivity contribution >= 4 is 5.91 Å². The van der Waals surface area contributed by atoms with Crippen molar-refractivity contribution in [3.63, 3.8) is 0 Å². The Hall–Kier alpha value is -0.530. The average molecular weight is 169 g/mol. The van der Waals surface area contributed by atoms with Crippen molar-refractivity contribution in [2.45, 2.75) is 40.0 Å². The molecule has 0 saturated heterocycles. The summed E-state index contributed by atoms with van der Waals surface area (Å²) in [7, 11) is 0. The Labute approximate surface area is 74.5 Å². The van der Waals surface area contributed by atoms with Crippen LogP contribution in [0.3, 0.4) is 0 Å². The predicted octanol–water partition coefficient (Wildman–Crippen LogP) is 1.93. The van der Waals surface area contributed by atoms with Crippen molar-refractivity contribution < 1.29 is 4.79 Å². The molecule has 1 rings (SSSR count). The molecule has 2 atom stereocenters. The van der Waals surface area contributed by atoms with Crippen LogP contribution in [-0.2, 0) is 4.79 Å². The van der Waals surface area contributed by atoms with Gasteiger partial charge in [0.2, 0.25) is 5.91 Å². The Bertz CT molecular complexity index is 186. The summed E-state index contributed by atoms with van der Waals surface area (Å²) < 4.78 is 0. The van der Waals surface area contributed by atoms with E-state index in [0.717, 1.165) is 12.8 Å². The number of hydrogen-bond acceptors (Lipinski definition) is 1. The van der Waals surface area contributed by atoms with E-state index in [1.807, 2.05) is 6.92 Å². The van der Waals surface area contributed by atoms with Gasteiger partial charge in [-0.15, -0.1) is 0 Å². The molecule has 2 nitrogen and oxygen atoms in total. The molecule has 0 aromatic rings. The Balaban J connectivity index is 2.52. The van der Waals surface area contributed by atoms with Gasteiger partial charge >= 0.3 is 0 Å². The monoisotopic (exact) mass is 169 g/mol. The van der Waals surface area contributed by atoms with Gasteiger partial charge in [-0.05, 0) is 30.6 Å². The second kappa shape index (κ2) is 3.08. The molecule has 0 spiro atoms. The normalized spacial score (nSPS) is 30.1. The number of primary amides is 1. The van der Waals surface area contributed by atoms with Crippen molar-refractivity contribution in [3.05, 3.63) is 0 Å². The van der Waals surface area contributed by atoms with E-state index < -0.39 is 0 Å². The summed E-state index contributed by atoms with van der Waals surface area (Å²) in [6, 6.07) is 0. The highest BCUT2D eigenvalue weighted by Crippen LogP contribution is 2.43. The molecule has 12 heavy (non-hydrogen) atoms. The molecule has 1 aliphatic rings. The van der Waals surface area contributed by atoms with E-state index >= 15 is 0 Å². The molecule has 1 fully saturated rings. The summed E-state index contributed by atoms with van der Waals surface area (Å²) in [5.41, 5.74) is 5.69. The van der Waals surface area contributed by atoms with Gasteiger partial charge in [0.05, 0.1) is 0 Å². The van der Waals surface area contributed by atoms with E-state index in [9.17, 15) is 4.79 Å². The van der Waals surface area contributed by atoms with Gasteiger partial charge in [0.1, 0.15) is 0 Å². The van der Waals surface area contributed by atoms with Crippen LogP contribution in [0.4, 0.5) is 0 Å². The number of carbonyl (C=O) groups is 1. The molecule has 1 aliphatic carbocycles. The maximum atomic E-state index is 10.9. The van der Waals surface area contributed by atoms with Crippen molar-refractivity contribution in [1.82, 2.24) is 0 Å². The second-order valence-electron chi connectivity index (χ2n) is 4.86. The van der Waals surface area contributed by atoms with Crippen LogP contribution in [0.25, 0.3) is 0 Å². The van der Waals surface area contributed by atoms with Crippen LogP contribution in [0, 0.1) is 17.3 Å². The maximum Gasteiger partial charge on any atom is 0.220 e. The summed E-state index contributed by atoms with van der Waals surface area (Å²) in [5.74, 6) is 0.446. The van der Waals surface area contributed by atoms with Crippen LogP contribution in [0.15, 0.2) is 0 Å². The zero-order valence-corrected chi connectivity index (χ0v) is 8.26. The Morgan fingerprint density at radius 2 is 2.17 bits per heavy atom. The molecule has 0 radical (unpaired) electrons. The lowest BCUT2D eigenvalue weighted by Crippen LogP contribution is -2.26. The van der Waals surface area contributed by atoms with E-state index in [1.165, 1.54) is 6.42 Å². The third-order valence-corrected chi connectivity index (χ3v) is 3.16. The van der Waals surface area contributed by atoms with E-state index in [0.29, 0.717) is 11.3 Å². The predicted molar refractivity (Wildman–Crippen MR) is 49.5 cm³/mol. The molecule has 2 N–H and O–H groups in total. The first-order valence-electron chi connectivity index (χ1n) is 4.72. The highest BCUT2D eigenvalue weighted by atomic mass is 16.1. The summed E-state index contributed by atoms with van der Waals surface area (Å²) in [6.45, 7) is 6.48. The van der Waals surface area contributed by atoms with Crippen molar-refractivity contribution in [2.75, 3.05) is 0 Å². The van der Waals surface area contributed by atoms with Gasteiger partial charge < -0.3 is 5.73 Å². The summed E-state index contributed by atoms with van der Waals surface area (Å²) in [6.07, 6.45) is 3.55. The first-order valence-corrected chi connectivity index (χ1v) is 4.72. The van der Waals surface area contributed by atoms with Crippen LogP contribution in [0.1, 0.15) is 40.0 Å². The summed E-state index contributed by atoms with van der Waals surface area (Å²) >= 11 is 0. The Morgan fingerprint density at radius 3 is 2.50 bits per heavy atom. The number of carbonyl (C=O) groups excluding carboxylic acids is 1. The average Bonchev–Trinajstić information content (AvgIpc) is 2.28. The largest absolute Gasteiger partial charge is 0.369 e. The zero-order valence-electron chi connectivity index (χ0n) is 8.26. The Kier molecular flexibility index (Phi) is 2.45. The summed E-state index contributed by atoms with van der Waals surface area (Å²) in [4.78, 5) is 10.9. The molecule has 0 bridgehead atoms. The van der Waals surface area contributed by atoms with E-state index in [4.69, 9.17) is 5.73 Å². The van der Waals surface area contributed by atoms with Gasteiger partial charge in [0, 0.05) is 5.92 Å². The van der Waals surface area contributed by atoms with E-state index in [1.54, 1.807) is 0 Å². The molecule has 2 heteroatoms. The van der Waals surface area contributed by atoms with Crippen LogP contribution in [0.2, 0.25) is 0 Å². The number of amides is 1. The maximum absolute atomic E-state index is 10.9. The molecule has 1 amide bonds. The lowest BCUT2D eigenvalue weighted by atomic mass is 9.86. The highest BCUT2D eigenvalue weighted by molar-refractivity contribution is 5.76. The van der Waals surface area contributed by atoms with Crippen molar-refractivity contribution in [3.8, 4) is 0 Å². The van der Waals surface area contributed by atoms with Gasteiger partial charge in [-0.25, -0.2) is 0 Å². The fraction of sp³-hybridized carbons (Fsp3) is 0.900. The van der Waals surface area contributed by atoms with Gasteiger partial charge in [0.25, 0.3) is 0 Å². The van der Waals surface area contributed by atoms with Crippen LogP contribution < -0.4 is 5.73 Å².